The van der Waals surface area contributed by atoms with Crippen LogP contribution in [0.15, 0.2) is 24.3 Å². The van der Waals surface area contributed by atoms with E-state index in [1.54, 1.807) is 0 Å². The highest BCUT2D eigenvalue weighted by Gasteiger charge is 2.23. The predicted octanol–water partition coefficient (Wildman–Crippen LogP) is 3.88. The topological polar surface area (TPSA) is 70.2 Å². The molecule has 156 valence electrons. The van der Waals surface area contributed by atoms with Crippen LogP contribution < -0.4 is 16.0 Å². The smallest absolute Gasteiger partial charge is 0.227 e. The van der Waals surface area contributed by atoms with Crippen LogP contribution in [0.25, 0.3) is 0 Å². The number of halogens is 1. The fourth-order valence-electron chi connectivity index (χ4n) is 4.34. The molecule has 2 fully saturated rings. The van der Waals surface area contributed by atoms with E-state index in [0.717, 1.165) is 62.9 Å². The summed E-state index contributed by atoms with van der Waals surface area (Å²) in [6.45, 7) is 4.83. The number of carbonyl (C=O) groups is 2. The second kappa shape index (κ2) is 11.4. The molecule has 0 spiro atoms. The number of amides is 2. The Morgan fingerprint density at radius 2 is 1.86 bits per heavy atom. The summed E-state index contributed by atoms with van der Waals surface area (Å²) in [5, 5.41) is 9.44. The van der Waals surface area contributed by atoms with Gasteiger partial charge in [-0.05, 0) is 68.3 Å². The molecule has 1 aliphatic heterocycles. The second-order valence-electron chi connectivity index (χ2n) is 8.22. The van der Waals surface area contributed by atoms with E-state index < -0.39 is 0 Å². The molecule has 1 atom stereocenters. The first-order valence-corrected chi connectivity index (χ1v) is 10.5. The van der Waals surface area contributed by atoms with Crippen molar-refractivity contribution in [3.05, 3.63) is 29.8 Å². The maximum absolute atomic E-state index is 12.3. The lowest BCUT2D eigenvalue weighted by atomic mass is 9.84. The van der Waals surface area contributed by atoms with Crippen LogP contribution in [-0.2, 0) is 16.1 Å². The summed E-state index contributed by atoms with van der Waals surface area (Å²) in [6, 6.07) is 7.80. The molecular weight excluding hydrogens is 374 g/mol. The fourth-order valence-corrected chi connectivity index (χ4v) is 4.34. The van der Waals surface area contributed by atoms with Gasteiger partial charge in [-0.15, -0.1) is 12.4 Å². The average Bonchev–Trinajstić information content (AvgIpc) is 3.22. The van der Waals surface area contributed by atoms with Gasteiger partial charge in [-0.3, -0.25) is 9.59 Å². The van der Waals surface area contributed by atoms with E-state index >= 15 is 0 Å². The molecule has 5 nitrogen and oxygen atoms in total. The van der Waals surface area contributed by atoms with Crippen molar-refractivity contribution < 1.29 is 9.59 Å². The zero-order valence-electron chi connectivity index (χ0n) is 16.8. The lowest BCUT2D eigenvalue weighted by Crippen LogP contribution is -2.33. The van der Waals surface area contributed by atoms with Crippen molar-refractivity contribution in [2.75, 3.05) is 18.4 Å². The SMILES string of the molecule is CC(CC(=O)NCc1cccc(NC(=O)C2CCCC2)c1)C1CCNCC1.Cl. The Bertz CT molecular complexity index is 640. The molecule has 6 heteroatoms. The van der Waals surface area contributed by atoms with E-state index in [4.69, 9.17) is 0 Å². The van der Waals surface area contributed by atoms with Gasteiger partial charge in [-0.1, -0.05) is 31.9 Å². The summed E-state index contributed by atoms with van der Waals surface area (Å²) in [5.74, 6) is 1.46. The van der Waals surface area contributed by atoms with Crippen molar-refractivity contribution in [3.63, 3.8) is 0 Å². The summed E-state index contributed by atoms with van der Waals surface area (Å²) >= 11 is 0. The average molecular weight is 408 g/mol. The summed E-state index contributed by atoms with van der Waals surface area (Å²) in [7, 11) is 0. The molecular formula is C22H34ClN3O2. The summed E-state index contributed by atoms with van der Waals surface area (Å²) in [6.07, 6.45) is 7.21. The Hall–Kier alpha value is -1.59. The zero-order valence-corrected chi connectivity index (χ0v) is 17.7. The van der Waals surface area contributed by atoms with Gasteiger partial charge < -0.3 is 16.0 Å². The quantitative estimate of drug-likeness (QED) is 0.642. The van der Waals surface area contributed by atoms with Gasteiger partial charge in [0.2, 0.25) is 11.8 Å². The molecule has 1 aliphatic carbocycles. The lowest BCUT2D eigenvalue weighted by molar-refractivity contribution is -0.122. The summed E-state index contributed by atoms with van der Waals surface area (Å²) in [4.78, 5) is 24.6. The summed E-state index contributed by atoms with van der Waals surface area (Å²) < 4.78 is 0. The molecule has 3 N–H and O–H groups in total. The third-order valence-corrected chi connectivity index (χ3v) is 6.11. The Labute approximate surface area is 174 Å². The highest BCUT2D eigenvalue weighted by atomic mass is 35.5. The number of hydrogen-bond donors (Lipinski definition) is 3. The number of benzene rings is 1. The molecule has 0 aromatic heterocycles. The molecule has 1 saturated carbocycles. The molecule has 1 unspecified atom stereocenters. The summed E-state index contributed by atoms with van der Waals surface area (Å²) in [5.41, 5.74) is 1.84. The van der Waals surface area contributed by atoms with Crippen molar-refractivity contribution in [1.29, 1.82) is 0 Å². The first-order chi connectivity index (χ1) is 13.1. The monoisotopic (exact) mass is 407 g/mol. The van der Waals surface area contributed by atoms with Gasteiger partial charge in [0.05, 0.1) is 0 Å². The van der Waals surface area contributed by atoms with E-state index in [9.17, 15) is 9.59 Å². The molecule has 1 aromatic rings. The Kier molecular flexibility index (Phi) is 9.26. The fraction of sp³-hybridized carbons (Fsp3) is 0.636. The standard InChI is InChI=1S/C22H33N3O2.ClH/c1-16(18-9-11-23-12-10-18)13-21(26)24-15-17-5-4-8-20(14-17)25-22(27)19-6-2-3-7-19;/h4-5,8,14,16,18-19,23H,2-3,6-7,9-13,15H2,1H3,(H,24,26)(H,25,27);1H. The van der Waals surface area contributed by atoms with E-state index in [1.165, 1.54) is 0 Å². The van der Waals surface area contributed by atoms with Crippen molar-refractivity contribution in [2.45, 2.75) is 58.4 Å². The molecule has 0 radical (unpaired) electrons. The molecule has 0 bridgehead atoms. The van der Waals surface area contributed by atoms with Gasteiger partial charge in [0.25, 0.3) is 0 Å². The van der Waals surface area contributed by atoms with Gasteiger partial charge in [0.1, 0.15) is 0 Å². The number of anilines is 1. The minimum Gasteiger partial charge on any atom is -0.352 e. The highest BCUT2D eigenvalue weighted by Crippen LogP contribution is 2.26. The van der Waals surface area contributed by atoms with Crippen LogP contribution in [-0.4, -0.2) is 24.9 Å². The van der Waals surface area contributed by atoms with Gasteiger partial charge >= 0.3 is 0 Å². The van der Waals surface area contributed by atoms with Crippen LogP contribution in [0.1, 0.15) is 57.4 Å². The maximum atomic E-state index is 12.3. The number of hydrogen-bond acceptors (Lipinski definition) is 3. The number of nitrogens with one attached hydrogen (secondary N) is 3. The predicted molar refractivity (Wildman–Crippen MR) is 115 cm³/mol. The first-order valence-electron chi connectivity index (χ1n) is 10.5. The van der Waals surface area contributed by atoms with Crippen LogP contribution in [0.5, 0.6) is 0 Å². The molecule has 3 rings (SSSR count). The minimum absolute atomic E-state index is 0. The van der Waals surface area contributed by atoms with Crippen LogP contribution in [0.4, 0.5) is 5.69 Å². The largest absolute Gasteiger partial charge is 0.352 e. The van der Waals surface area contributed by atoms with Crippen LogP contribution in [0.2, 0.25) is 0 Å². The molecule has 28 heavy (non-hydrogen) atoms. The van der Waals surface area contributed by atoms with Crippen LogP contribution in [0, 0.1) is 17.8 Å². The zero-order chi connectivity index (χ0) is 19.1. The van der Waals surface area contributed by atoms with E-state index in [1.807, 2.05) is 24.3 Å². The number of piperidine rings is 1. The second-order valence-corrected chi connectivity index (χ2v) is 8.22. The van der Waals surface area contributed by atoms with Crippen molar-refractivity contribution in [1.82, 2.24) is 10.6 Å². The molecule has 2 aliphatic rings. The van der Waals surface area contributed by atoms with Gasteiger partial charge in [0, 0.05) is 24.6 Å². The van der Waals surface area contributed by atoms with Crippen molar-refractivity contribution in [3.8, 4) is 0 Å². The van der Waals surface area contributed by atoms with E-state index in [-0.39, 0.29) is 30.1 Å². The normalized spacial score (nSPS) is 18.9. The Morgan fingerprint density at radius 1 is 1.14 bits per heavy atom. The third-order valence-electron chi connectivity index (χ3n) is 6.11. The lowest BCUT2D eigenvalue weighted by Gasteiger charge is -2.27. The van der Waals surface area contributed by atoms with Gasteiger partial charge in [-0.2, -0.15) is 0 Å². The Balaban J connectivity index is 0.00000280. The number of rotatable bonds is 7. The third kappa shape index (κ3) is 6.78. The van der Waals surface area contributed by atoms with E-state index in [0.29, 0.717) is 24.8 Å². The highest BCUT2D eigenvalue weighted by molar-refractivity contribution is 5.92. The van der Waals surface area contributed by atoms with Crippen LogP contribution >= 0.6 is 12.4 Å². The van der Waals surface area contributed by atoms with Gasteiger partial charge in [-0.25, -0.2) is 0 Å². The molecule has 1 aromatic carbocycles. The number of carbonyl (C=O) groups excluding carboxylic acids is 2. The molecule has 2 amide bonds. The molecule has 1 saturated heterocycles. The maximum Gasteiger partial charge on any atom is 0.227 e. The van der Waals surface area contributed by atoms with Gasteiger partial charge in [0.15, 0.2) is 0 Å². The van der Waals surface area contributed by atoms with Crippen molar-refractivity contribution >= 4 is 29.9 Å². The first kappa shape index (κ1) is 22.7. The molecule has 1 heterocycles. The Morgan fingerprint density at radius 3 is 2.57 bits per heavy atom. The van der Waals surface area contributed by atoms with Crippen molar-refractivity contribution in [2.24, 2.45) is 17.8 Å². The van der Waals surface area contributed by atoms with Crippen LogP contribution in [0.3, 0.4) is 0 Å². The van der Waals surface area contributed by atoms with E-state index in [2.05, 4.69) is 22.9 Å². The minimum atomic E-state index is 0.